The van der Waals surface area contributed by atoms with E-state index in [1.54, 1.807) is 0 Å². The van der Waals surface area contributed by atoms with Crippen molar-refractivity contribution in [3.8, 4) is 34.2 Å². The highest BCUT2D eigenvalue weighted by Crippen LogP contribution is 2.27. The van der Waals surface area contributed by atoms with Crippen molar-refractivity contribution in [1.29, 1.82) is 0 Å². The van der Waals surface area contributed by atoms with Crippen molar-refractivity contribution in [1.82, 2.24) is 15.0 Å². The van der Waals surface area contributed by atoms with Crippen LogP contribution in [-0.4, -0.2) is 15.0 Å². The summed E-state index contributed by atoms with van der Waals surface area (Å²) in [5, 5.41) is 0. The topological polar surface area (TPSA) is 38.7 Å². The molecule has 4 rings (SSSR count). The first kappa shape index (κ1) is 16.6. The first-order valence-electron chi connectivity index (χ1n) is 8.33. The molecule has 126 valence electrons. The number of nitrogens with zero attached hydrogens (tertiary/aromatic N) is 3. The third-order valence-corrected chi connectivity index (χ3v) is 4.46. The zero-order valence-corrected chi connectivity index (χ0v) is 15.8. The molecule has 3 aromatic carbocycles. The molecule has 1 aromatic heterocycles. The summed E-state index contributed by atoms with van der Waals surface area (Å²) in [6, 6.07) is 26.2. The second-order valence-corrected chi connectivity index (χ2v) is 6.97. The van der Waals surface area contributed by atoms with Gasteiger partial charge in [0.1, 0.15) is 0 Å². The second kappa shape index (κ2) is 7.18. The van der Waals surface area contributed by atoms with E-state index in [-0.39, 0.29) is 0 Å². The summed E-state index contributed by atoms with van der Waals surface area (Å²) in [4.78, 5) is 14.2. The summed E-state index contributed by atoms with van der Waals surface area (Å²) in [7, 11) is 0. The van der Waals surface area contributed by atoms with E-state index in [1.807, 2.05) is 66.7 Å². The first-order valence-corrected chi connectivity index (χ1v) is 9.13. The van der Waals surface area contributed by atoms with Crippen LogP contribution in [0.3, 0.4) is 0 Å². The molecule has 0 N–H and O–H groups in total. The van der Waals surface area contributed by atoms with Gasteiger partial charge in [-0.2, -0.15) is 0 Å². The third kappa shape index (κ3) is 3.55. The standard InChI is InChI=1S/C22H16BrN3/c1-15-12-18(14-19(23)13-15)22-25-20(16-8-4-2-5-9-16)24-21(26-22)17-10-6-3-7-11-17/h2-14H,1H3. The Labute approximate surface area is 160 Å². The summed E-state index contributed by atoms with van der Waals surface area (Å²) in [6.45, 7) is 2.06. The monoisotopic (exact) mass is 401 g/mol. The molecular weight excluding hydrogens is 386 g/mol. The Bertz CT molecular complexity index is 969. The number of hydrogen-bond acceptors (Lipinski definition) is 3. The van der Waals surface area contributed by atoms with E-state index in [1.165, 1.54) is 0 Å². The van der Waals surface area contributed by atoms with Gasteiger partial charge >= 0.3 is 0 Å². The fourth-order valence-corrected chi connectivity index (χ4v) is 3.41. The molecule has 0 bridgehead atoms. The Morgan fingerprint density at radius 2 is 1.04 bits per heavy atom. The lowest BCUT2D eigenvalue weighted by Crippen LogP contribution is -2.00. The Morgan fingerprint density at radius 3 is 1.50 bits per heavy atom. The molecular formula is C22H16BrN3. The van der Waals surface area contributed by atoms with E-state index in [4.69, 9.17) is 15.0 Å². The van der Waals surface area contributed by atoms with Gasteiger partial charge in [0.25, 0.3) is 0 Å². The molecule has 0 spiro atoms. The number of aromatic nitrogens is 3. The molecule has 0 aliphatic heterocycles. The number of rotatable bonds is 3. The molecule has 0 aliphatic rings. The predicted molar refractivity (Wildman–Crippen MR) is 109 cm³/mol. The molecule has 0 amide bonds. The largest absolute Gasteiger partial charge is 0.208 e. The molecule has 4 aromatic rings. The summed E-state index contributed by atoms with van der Waals surface area (Å²) in [5.41, 5.74) is 4.06. The van der Waals surface area contributed by atoms with Crippen LogP contribution in [-0.2, 0) is 0 Å². The van der Waals surface area contributed by atoms with Crippen molar-refractivity contribution in [2.24, 2.45) is 0 Å². The van der Waals surface area contributed by atoms with Crippen LogP contribution in [0.1, 0.15) is 5.56 Å². The number of halogens is 1. The molecule has 0 unspecified atom stereocenters. The molecule has 3 nitrogen and oxygen atoms in total. The Morgan fingerprint density at radius 1 is 0.577 bits per heavy atom. The highest BCUT2D eigenvalue weighted by Gasteiger charge is 2.12. The highest BCUT2D eigenvalue weighted by atomic mass is 79.9. The molecule has 0 fully saturated rings. The smallest absolute Gasteiger partial charge is 0.164 e. The minimum atomic E-state index is 0.669. The predicted octanol–water partition coefficient (Wildman–Crippen LogP) is 5.94. The van der Waals surface area contributed by atoms with Crippen LogP contribution < -0.4 is 0 Å². The Kier molecular flexibility index (Phi) is 4.59. The lowest BCUT2D eigenvalue weighted by molar-refractivity contribution is 1.07. The van der Waals surface area contributed by atoms with Crippen LogP contribution in [0.2, 0.25) is 0 Å². The average molecular weight is 402 g/mol. The third-order valence-electron chi connectivity index (χ3n) is 4.00. The van der Waals surface area contributed by atoms with Gasteiger partial charge in [0.15, 0.2) is 17.5 Å². The van der Waals surface area contributed by atoms with Crippen LogP contribution >= 0.6 is 15.9 Å². The van der Waals surface area contributed by atoms with Crippen molar-refractivity contribution in [2.75, 3.05) is 0 Å². The van der Waals surface area contributed by atoms with Crippen LogP contribution in [0.15, 0.2) is 83.3 Å². The van der Waals surface area contributed by atoms with Gasteiger partial charge in [0.05, 0.1) is 0 Å². The average Bonchev–Trinajstić information content (AvgIpc) is 2.68. The van der Waals surface area contributed by atoms with Crippen molar-refractivity contribution >= 4 is 15.9 Å². The Balaban J connectivity index is 1.93. The van der Waals surface area contributed by atoms with Crippen LogP contribution in [0.4, 0.5) is 0 Å². The molecule has 0 atom stereocenters. The van der Waals surface area contributed by atoms with E-state index in [2.05, 4.69) is 35.0 Å². The fourth-order valence-electron chi connectivity index (χ4n) is 2.80. The van der Waals surface area contributed by atoms with E-state index in [9.17, 15) is 0 Å². The molecule has 1 heterocycles. The minimum Gasteiger partial charge on any atom is -0.208 e. The van der Waals surface area contributed by atoms with Crippen LogP contribution in [0.5, 0.6) is 0 Å². The summed E-state index contributed by atoms with van der Waals surface area (Å²) in [6.07, 6.45) is 0. The van der Waals surface area contributed by atoms with Gasteiger partial charge in [-0.05, 0) is 30.7 Å². The lowest BCUT2D eigenvalue weighted by atomic mass is 10.1. The van der Waals surface area contributed by atoms with Crippen LogP contribution in [0, 0.1) is 6.92 Å². The zero-order chi connectivity index (χ0) is 17.9. The van der Waals surface area contributed by atoms with Gasteiger partial charge in [0.2, 0.25) is 0 Å². The molecule has 0 saturated heterocycles. The second-order valence-electron chi connectivity index (χ2n) is 6.06. The molecule has 26 heavy (non-hydrogen) atoms. The maximum Gasteiger partial charge on any atom is 0.164 e. The normalized spacial score (nSPS) is 10.7. The summed E-state index contributed by atoms with van der Waals surface area (Å²) < 4.78 is 1.01. The van der Waals surface area contributed by atoms with E-state index in [0.717, 1.165) is 26.7 Å². The zero-order valence-electron chi connectivity index (χ0n) is 14.2. The molecule has 0 aliphatic carbocycles. The van der Waals surface area contributed by atoms with Gasteiger partial charge < -0.3 is 0 Å². The van der Waals surface area contributed by atoms with Crippen molar-refractivity contribution in [3.63, 3.8) is 0 Å². The SMILES string of the molecule is Cc1cc(Br)cc(-c2nc(-c3ccccc3)nc(-c3ccccc3)n2)c1. The molecule has 0 radical (unpaired) electrons. The molecule has 4 heteroatoms. The van der Waals surface area contributed by atoms with Gasteiger partial charge in [-0.15, -0.1) is 0 Å². The molecule has 0 saturated carbocycles. The maximum atomic E-state index is 4.74. The fraction of sp³-hybridized carbons (Fsp3) is 0.0455. The summed E-state index contributed by atoms with van der Waals surface area (Å²) in [5.74, 6) is 2.02. The van der Waals surface area contributed by atoms with Crippen LogP contribution in [0.25, 0.3) is 34.2 Å². The van der Waals surface area contributed by atoms with Gasteiger partial charge in [-0.3, -0.25) is 0 Å². The van der Waals surface area contributed by atoms with Crippen molar-refractivity contribution < 1.29 is 0 Å². The number of aryl methyl sites for hydroxylation is 1. The first-order chi connectivity index (χ1) is 12.7. The highest BCUT2D eigenvalue weighted by molar-refractivity contribution is 9.10. The van der Waals surface area contributed by atoms with E-state index in [0.29, 0.717) is 17.5 Å². The number of hydrogen-bond donors (Lipinski definition) is 0. The van der Waals surface area contributed by atoms with Crippen molar-refractivity contribution in [3.05, 3.63) is 88.9 Å². The lowest BCUT2D eigenvalue weighted by Gasteiger charge is -2.09. The van der Waals surface area contributed by atoms with Gasteiger partial charge in [-0.25, -0.2) is 15.0 Å². The quantitative estimate of drug-likeness (QED) is 0.426. The van der Waals surface area contributed by atoms with Gasteiger partial charge in [-0.1, -0.05) is 76.6 Å². The Hall–Kier alpha value is -2.85. The minimum absolute atomic E-state index is 0.669. The number of benzene rings is 3. The summed E-state index contributed by atoms with van der Waals surface area (Å²) >= 11 is 3.57. The van der Waals surface area contributed by atoms with E-state index >= 15 is 0 Å². The van der Waals surface area contributed by atoms with Gasteiger partial charge in [0, 0.05) is 21.2 Å². The van der Waals surface area contributed by atoms with E-state index < -0.39 is 0 Å². The van der Waals surface area contributed by atoms with Crippen molar-refractivity contribution in [2.45, 2.75) is 6.92 Å². The maximum absolute atomic E-state index is 4.74.